The Kier molecular flexibility index (Phi) is 3.06. The Labute approximate surface area is 108 Å². The molecule has 4 nitrogen and oxygen atoms in total. The highest BCUT2D eigenvalue weighted by atomic mass is 32.2. The van der Waals surface area contributed by atoms with Gasteiger partial charge in [-0.25, -0.2) is 8.42 Å². The van der Waals surface area contributed by atoms with Crippen LogP contribution in [0.1, 0.15) is 18.4 Å². The molecule has 2 rings (SSSR count). The molecule has 106 valence electrons. The predicted octanol–water partition coefficient (Wildman–Crippen LogP) is 1.95. The molecule has 0 amide bonds. The van der Waals surface area contributed by atoms with Gasteiger partial charge in [0.25, 0.3) is 0 Å². The van der Waals surface area contributed by atoms with Gasteiger partial charge in [-0.15, -0.1) is 0 Å². The van der Waals surface area contributed by atoms with Crippen molar-refractivity contribution >= 4 is 15.7 Å². The smallest absolute Gasteiger partial charge is 0.398 e. The van der Waals surface area contributed by atoms with Gasteiger partial charge in [-0.3, -0.25) is 0 Å². The first-order valence-corrected chi connectivity index (χ1v) is 7.03. The number of halogens is 3. The van der Waals surface area contributed by atoms with E-state index in [0.717, 1.165) is 6.07 Å². The Morgan fingerprint density at radius 3 is 2.32 bits per heavy atom. The van der Waals surface area contributed by atoms with E-state index >= 15 is 0 Å². The number of nitrogens with two attached hydrogens (primary N) is 1. The van der Waals surface area contributed by atoms with E-state index in [1.807, 2.05) is 0 Å². The second-order valence-electron chi connectivity index (χ2n) is 4.70. The van der Waals surface area contributed by atoms with Crippen molar-refractivity contribution in [3.63, 3.8) is 0 Å². The summed E-state index contributed by atoms with van der Waals surface area (Å²) in [4.78, 5) is -0.258. The van der Waals surface area contributed by atoms with Crippen LogP contribution in [0.25, 0.3) is 0 Å². The van der Waals surface area contributed by atoms with Crippen LogP contribution in [0, 0.1) is 6.92 Å². The average molecular weight is 294 g/mol. The van der Waals surface area contributed by atoms with Crippen molar-refractivity contribution in [1.82, 2.24) is 4.72 Å². The summed E-state index contributed by atoms with van der Waals surface area (Å²) in [6.45, 7) is 1.68. The monoisotopic (exact) mass is 294 g/mol. The summed E-state index contributed by atoms with van der Waals surface area (Å²) in [5.74, 6) is 0. The van der Waals surface area contributed by atoms with Crippen LogP contribution in [0.3, 0.4) is 0 Å². The Balaban J connectivity index is 2.31. The van der Waals surface area contributed by atoms with Crippen LogP contribution in [0.4, 0.5) is 18.9 Å². The summed E-state index contributed by atoms with van der Waals surface area (Å²) >= 11 is 0. The van der Waals surface area contributed by atoms with Gasteiger partial charge in [0.15, 0.2) is 0 Å². The van der Waals surface area contributed by atoms with Crippen LogP contribution in [-0.2, 0) is 10.0 Å². The molecule has 1 aliphatic rings. The van der Waals surface area contributed by atoms with E-state index in [0.29, 0.717) is 5.56 Å². The zero-order valence-corrected chi connectivity index (χ0v) is 10.9. The molecule has 0 atom stereocenters. The molecule has 0 saturated heterocycles. The highest BCUT2D eigenvalue weighted by molar-refractivity contribution is 7.89. The van der Waals surface area contributed by atoms with Crippen molar-refractivity contribution in [2.24, 2.45) is 0 Å². The van der Waals surface area contributed by atoms with Gasteiger partial charge < -0.3 is 5.73 Å². The van der Waals surface area contributed by atoms with Crippen molar-refractivity contribution in [3.05, 3.63) is 23.8 Å². The number of hydrogen-bond donors (Lipinski definition) is 2. The number of nitrogen functional groups attached to an aromatic ring is 1. The maximum Gasteiger partial charge on any atom is 0.407 e. The lowest BCUT2D eigenvalue weighted by atomic mass is 10.2. The fourth-order valence-electron chi connectivity index (χ4n) is 1.67. The number of anilines is 1. The van der Waals surface area contributed by atoms with Crippen LogP contribution >= 0.6 is 0 Å². The van der Waals surface area contributed by atoms with E-state index in [4.69, 9.17) is 5.73 Å². The van der Waals surface area contributed by atoms with Crippen molar-refractivity contribution in [2.45, 2.75) is 36.4 Å². The highest BCUT2D eigenvalue weighted by Gasteiger charge is 2.65. The topological polar surface area (TPSA) is 72.2 Å². The highest BCUT2D eigenvalue weighted by Crippen LogP contribution is 2.49. The molecular weight excluding hydrogens is 281 g/mol. The molecular formula is C11H13F3N2O2S. The van der Waals surface area contributed by atoms with Crippen LogP contribution in [0.5, 0.6) is 0 Å². The summed E-state index contributed by atoms with van der Waals surface area (Å²) in [5.41, 5.74) is 4.14. The fourth-order valence-corrected chi connectivity index (χ4v) is 3.15. The average Bonchev–Trinajstić information content (AvgIpc) is 3.01. The second kappa shape index (κ2) is 4.11. The maximum absolute atomic E-state index is 12.7. The third kappa shape index (κ3) is 2.55. The summed E-state index contributed by atoms with van der Waals surface area (Å²) in [5, 5.41) is 0. The van der Waals surface area contributed by atoms with E-state index in [2.05, 4.69) is 0 Å². The Hall–Kier alpha value is -1.28. The SMILES string of the molecule is Cc1ccc(S(=O)(=O)NC2(C(F)(F)F)CC2)cc1N. The van der Waals surface area contributed by atoms with Crippen LogP contribution in [-0.4, -0.2) is 20.1 Å². The minimum atomic E-state index is -4.59. The Morgan fingerprint density at radius 2 is 1.89 bits per heavy atom. The van der Waals surface area contributed by atoms with Crippen LogP contribution in [0.2, 0.25) is 0 Å². The molecule has 0 heterocycles. The van der Waals surface area contributed by atoms with Gasteiger partial charge in [0.2, 0.25) is 10.0 Å². The number of rotatable bonds is 3. The largest absolute Gasteiger partial charge is 0.407 e. The third-order valence-electron chi connectivity index (χ3n) is 3.18. The summed E-state index contributed by atoms with van der Waals surface area (Å²) in [7, 11) is -4.23. The Morgan fingerprint density at radius 1 is 1.32 bits per heavy atom. The molecule has 1 aromatic carbocycles. The first kappa shape index (κ1) is 14.1. The third-order valence-corrected chi connectivity index (χ3v) is 4.72. The molecule has 0 radical (unpaired) electrons. The molecule has 0 bridgehead atoms. The normalized spacial score (nSPS) is 18.3. The molecule has 8 heteroatoms. The minimum absolute atomic E-state index is 0.222. The van der Waals surface area contributed by atoms with Crippen molar-refractivity contribution in [1.29, 1.82) is 0 Å². The summed E-state index contributed by atoms with van der Waals surface area (Å²) < 4.78 is 63.8. The van der Waals surface area contributed by atoms with E-state index < -0.39 is 21.7 Å². The number of aryl methyl sites for hydroxylation is 1. The van der Waals surface area contributed by atoms with Crippen molar-refractivity contribution < 1.29 is 21.6 Å². The molecule has 19 heavy (non-hydrogen) atoms. The van der Waals surface area contributed by atoms with E-state index in [1.165, 1.54) is 12.1 Å². The fraction of sp³-hybridized carbons (Fsp3) is 0.455. The summed E-state index contributed by atoms with van der Waals surface area (Å²) in [6.07, 6.45) is -5.07. The lowest BCUT2D eigenvalue weighted by Gasteiger charge is -2.20. The molecule has 1 saturated carbocycles. The van der Waals surface area contributed by atoms with Gasteiger partial charge >= 0.3 is 6.18 Å². The van der Waals surface area contributed by atoms with Gasteiger partial charge in [-0.1, -0.05) is 6.07 Å². The predicted molar refractivity (Wildman–Crippen MR) is 63.9 cm³/mol. The van der Waals surface area contributed by atoms with Gasteiger partial charge in [0.1, 0.15) is 5.54 Å². The zero-order valence-electron chi connectivity index (χ0n) is 10.1. The van der Waals surface area contributed by atoms with Crippen molar-refractivity contribution in [3.8, 4) is 0 Å². The van der Waals surface area contributed by atoms with E-state index in [9.17, 15) is 21.6 Å². The van der Waals surface area contributed by atoms with E-state index in [1.54, 1.807) is 11.6 Å². The van der Waals surface area contributed by atoms with Gasteiger partial charge in [0, 0.05) is 5.69 Å². The van der Waals surface area contributed by atoms with Gasteiger partial charge in [-0.05, 0) is 37.5 Å². The lowest BCUT2D eigenvalue weighted by molar-refractivity contribution is -0.160. The molecule has 1 aliphatic carbocycles. The molecule has 0 aliphatic heterocycles. The standard InChI is InChI=1S/C11H13F3N2O2S/c1-7-2-3-8(6-9(7)15)19(17,18)16-10(4-5-10)11(12,13)14/h2-3,6,16H,4-5,15H2,1H3. The number of benzene rings is 1. The summed E-state index contributed by atoms with van der Waals surface area (Å²) in [6, 6.07) is 3.85. The number of hydrogen-bond acceptors (Lipinski definition) is 3. The maximum atomic E-state index is 12.7. The van der Waals surface area contributed by atoms with Crippen LogP contribution in [0.15, 0.2) is 23.1 Å². The molecule has 3 N–H and O–H groups in total. The minimum Gasteiger partial charge on any atom is -0.398 e. The number of sulfonamides is 1. The number of alkyl halides is 3. The zero-order chi connectivity index (χ0) is 14.5. The first-order valence-electron chi connectivity index (χ1n) is 5.54. The molecule has 0 aromatic heterocycles. The van der Waals surface area contributed by atoms with E-state index in [-0.39, 0.29) is 23.4 Å². The first-order chi connectivity index (χ1) is 8.57. The quantitative estimate of drug-likeness (QED) is 0.837. The molecule has 1 fully saturated rings. The molecule has 0 spiro atoms. The van der Waals surface area contributed by atoms with Gasteiger partial charge in [-0.2, -0.15) is 17.9 Å². The Bertz CT molecular complexity index is 607. The van der Waals surface area contributed by atoms with Crippen LogP contribution < -0.4 is 10.5 Å². The second-order valence-corrected chi connectivity index (χ2v) is 6.39. The molecule has 0 unspecified atom stereocenters. The number of nitrogens with one attached hydrogen (secondary N) is 1. The molecule has 1 aromatic rings. The van der Waals surface area contributed by atoms with Gasteiger partial charge in [0.05, 0.1) is 4.90 Å². The van der Waals surface area contributed by atoms with Crippen molar-refractivity contribution in [2.75, 3.05) is 5.73 Å². The lowest BCUT2D eigenvalue weighted by Crippen LogP contribution is -2.47.